The lowest BCUT2D eigenvalue weighted by atomic mass is 10.2. The number of ether oxygens (including phenoxy) is 1. The largest absolute Gasteiger partial charge is 0.624 e. The molecule has 0 radical (unpaired) electrons. The van der Waals surface area contributed by atoms with Crippen molar-refractivity contribution in [2.75, 3.05) is 13.2 Å². The number of nitrogens with zero attached hydrogens (tertiary/aromatic N) is 1. The first-order valence-electron chi connectivity index (χ1n) is 5.21. The van der Waals surface area contributed by atoms with Crippen molar-refractivity contribution in [2.45, 2.75) is 13.3 Å². The van der Waals surface area contributed by atoms with Crippen molar-refractivity contribution in [3.63, 3.8) is 0 Å². The van der Waals surface area contributed by atoms with Crippen molar-refractivity contribution in [1.82, 2.24) is 0 Å². The molecule has 0 unspecified atom stereocenters. The van der Waals surface area contributed by atoms with Crippen LogP contribution in [-0.2, 0) is 9.53 Å². The van der Waals surface area contributed by atoms with E-state index in [1.165, 1.54) is 6.21 Å². The maximum atomic E-state index is 11.4. The summed E-state index contributed by atoms with van der Waals surface area (Å²) < 4.78 is 5.47. The third kappa shape index (κ3) is 4.59. The van der Waals surface area contributed by atoms with E-state index in [0.29, 0.717) is 6.61 Å². The molecule has 4 heteroatoms. The van der Waals surface area contributed by atoms with E-state index >= 15 is 0 Å². The van der Waals surface area contributed by atoms with E-state index in [1.54, 1.807) is 6.92 Å². The molecule has 0 N–H and O–H groups in total. The molecule has 4 nitrogen and oxygen atoms in total. The quantitative estimate of drug-likeness (QED) is 0.249. The van der Waals surface area contributed by atoms with Crippen molar-refractivity contribution < 1.29 is 14.3 Å². The minimum atomic E-state index is -0.343. The van der Waals surface area contributed by atoms with Gasteiger partial charge in [-0.25, -0.2) is 4.74 Å². The molecule has 0 atom stereocenters. The molecule has 0 saturated carbocycles. The van der Waals surface area contributed by atoms with Crippen LogP contribution in [0.15, 0.2) is 30.3 Å². The number of hydrogen-bond donors (Lipinski definition) is 0. The smallest absolute Gasteiger partial charge is 0.312 e. The number of rotatable bonds is 5. The Labute approximate surface area is 94.7 Å². The fourth-order valence-electron chi connectivity index (χ4n) is 1.20. The van der Waals surface area contributed by atoms with Gasteiger partial charge in [-0.3, -0.25) is 4.79 Å². The van der Waals surface area contributed by atoms with E-state index in [0.717, 1.165) is 10.3 Å². The van der Waals surface area contributed by atoms with E-state index in [1.807, 2.05) is 30.3 Å². The average Bonchev–Trinajstić information content (AvgIpc) is 2.28. The van der Waals surface area contributed by atoms with Gasteiger partial charge >= 0.3 is 5.97 Å². The van der Waals surface area contributed by atoms with Gasteiger partial charge in [0, 0.05) is 5.56 Å². The highest BCUT2D eigenvalue weighted by atomic mass is 16.5. The van der Waals surface area contributed by atoms with Crippen LogP contribution in [0.3, 0.4) is 0 Å². The first kappa shape index (κ1) is 12.2. The van der Waals surface area contributed by atoms with Gasteiger partial charge in [0.05, 0.1) is 6.61 Å². The summed E-state index contributed by atoms with van der Waals surface area (Å²) >= 11 is 0. The predicted molar refractivity (Wildman–Crippen MR) is 61.4 cm³/mol. The highest BCUT2D eigenvalue weighted by Crippen LogP contribution is 1.94. The maximum absolute atomic E-state index is 11.4. The summed E-state index contributed by atoms with van der Waals surface area (Å²) in [4.78, 5) is 11.0. The van der Waals surface area contributed by atoms with Gasteiger partial charge in [0.25, 0.3) is 0 Å². The zero-order valence-corrected chi connectivity index (χ0v) is 9.26. The summed E-state index contributed by atoms with van der Waals surface area (Å²) in [6, 6.07) is 9.24. The molecule has 0 fully saturated rings. The first-order valence-corrected chi connectivity index (χ1v) is 5.21. The van der Waals surface area contributed by atoms with E-state index < -0.39 is 0 Å². The van der Waals surface area contributed by atoms with Crippen LogP contribution in [0.5, 0.6) is 0 Å². The van der Waals surface area contributed by atoms with E-state index in [4.69, 9.17) is 4.74 Å². The minimum absolute atomic E-state index is 0.112. The van der Waals surface area contributed by atoms with Gasteiger partial charge in [-0.15, -0.1) is 0 Å². The standard InChI is InChI=1S/C12H15NO3/c1-2-16-12(14)8-9-13(15)10-11-6-4-3-5-7-11/h3-7,10H,2,8-9H2,1H3/b13-10-. The Kier molecular flexibility index (Phi) is 5.05. The molecule has 1 aromatic carbocycles. The summed E-state index contributed by atoms with van der Waals surface area (Å²) in [6.45, 7) is 2.21. The van der Waals surface area contributed by atoms with Gasteiger partial charge in [-0.1, -0.05) is 18.2 Å². The highest BCUT2D eigenvalue weighted by Gasteiger charge is 2.04. The van der Waals surface area contributed by atoms with Crippen LogP contribution in [0, 0.1) is 5.21 Å². The molecule has 86 valence electrons. The van der Waals surface area contributed by atoms with E-state index in [2.05, 4.69) is 0 Å². The maximum Gasteiger partial charge on any atom is 0.312 e. The molecule has 1 aromatic rings. The van der Waals surface area contributed by atoms with Crippen LogP contribution in [0.25, 0.3) is 0 Å². The lowest BCUT2D eigenvalue weighted by Crippen LogP contribution is -2.14. The van der Waals surface area contributed by atoms with Gasteiger partial charge < -0.3 is 9.94 Å². The first-order chi connectivity index (χ1) is 7.72. The Morgan fingerprint density at radius 2 is 2.12 bits per heavy atom. The summed E-state index contributed by atoms with van der Waals surface area (Å²) in [5.74, 6) is -0.343. The van der Waals surface area contributed by atoms with Crippen molar-refractivity contribution in [1.29, 1.82) is 0 Å². The third-order valence-corrected chi connectivity index (χ3v) is 1.93. The van der Waals surface area contributed by atoms with Crippen LogP contribution in [0.1, 0.15) is 18.9 Å². The molecule has 0 amide bonds. The van der Waals surface area contributed by atoms with Gasteiger partial charge in [-0.2, -0.15) is 0 Å². The third-order valence-electron chi connectivity index (χ3n) is 1.93. The van der Waals surface area contributed by atoms with Gasteiger partial charge in [0.15, 0.2) is 12.8 Å². The van der Waals surface area contributed by atoms with E-state index in [-0.39, 0.29) is 18.9 Å². The van der Waals surface area contributed by atoms with Crippen LogP contribution < -0.4 is 0 Å². The van der Waals surface area contributed by atoms with Crippen molar-refractivity contribution in [3.05, 3.63) is 41.1 Å². The molecule has 16 heavy (non-hydrogen) atoms. The van der Waals surface area contributed by atoms with Crippen LogP contribution in [-0.4, -0.2) is 30.1 Å². The molecular weight excluding hydrogens is 206 g/mol. The van der Waals surface area contributed by atoms with Crippen LogP contribution in [0.2, 0.25) is 0 Å². The summed E-state index contributed by atoms with van der Waals surface area (Å²) in [5.41, 5.74) is 0.821. The zero-order valence-electron chi connectivity index (χ0n) is 9.26. The summed E-state index contributed by atoms with van der Waals surface area (Å²) in [5, 5.41) is 11.4. The Morgan fingerprint density at radius 1 is 1.44 bits per heavy atom. The Morgan fingerprint density at radius 3 is 2.75 bits per heavy atom. The second-order valence-electron chi connectivity index (χ2n) is 3.24. The number of esters is 1. The zero-order chi connectivity index (χ0) is 11.8. The minimum Gasteiger partial charge on any atom is -0.624 e. The molecule has 0 aliphatic heterocycles. The second kappa shape index (κ2) is 6.61. The Bertz CT molecular complexity index is 360. The number of hydrogen-bond acceptors (Lipinski definition) is 3. The Balaban J connectivity index is 2.43. The summed E-state index contributed by atoms with van der Waals surface area (Å²) in [6.07, 6.45) is 1.57. The summed E-state index contributed by atoms with van der Waals surface area (Å²) in [7, 11) is 0. The van der Waals surface area contributed by atoms with Gasteiger partial charge in [0.1, 0.15) is 6.42 Å². The van der Waals surface area contributed by atoms with Crippen molar-refractivity contribution in [3.8, 4) is 0 Å². The fourth-order valence-corrected chi connectivity index (χ4v) is 1.20. The molecular formula is C12H15NO3. The Hall–Kier alpha value is -1.84. The lowest BCUT2D eigenvalue weighted by molar-refractivity contribution is -0.451. The second-order valence-corrected chi connectivity index (χ2v) is 3.24. The molecule has 0 aromatic heterocycles. The predicted octanol–water partition coefficient (Wildman–Crippen LogP) is 1.57. The molecule has 0 aliphatic rings. The molecule has 0 spiro atoms. The van der Waals surface area contributed by atoms with Crippen LogP contribution in [0.4, 0.5) is 0 Å². The number of carbonyl (C=O) groups is 1. The molecule has 0 saturated heterocycles. The van der Waals surface area contributed by atoms with E-state index in [9.17, 15) is 10.0 Å². The topological polar surface area (TPSA) is 52.4 Å². The van der Waals surface area contributed by atoms with Gasteiger partial charge in [0.2, 0.25) is 0 Å². The SMILES string of the molecule is CCOC(=O)CC/[N+]([O-])=C/c1ccccc1. The number of benzene rings is 1. The lowest BCUT2D eigenvalue weighted by Gasteiger charge is -2.03. The molecule has 0 heterocycles. The monoisotopic (exact) mass is 221 g/mol. The number of carbonyl (C=O) groups excluding carboxylic acids is 1. The normalized spacial score (nSPS) is 11.2. The molecule has 0 bridgehead atoms. The number of hydroxylamine groups is 1. The van der Waals surface area contributed by atoms with Crippen molar-refractivity contribution in [2.24, 2.45) is 0 Å². The highest BCUT2D eigenvalue weighted by molar-refractivity contribution is 5.75. The van der Waals surface area contributed by atoms with Crippen molar-refractivity contribution >= 4 is 12.2 Å². The fraction of sp³-hybridized carbons (Fsp3) is 0.333. The van der Waals surface area contributed by atoms with Crippen LogP contribution >= 0.6 is 0 Å². The molecule has 0 aliphatic carbocycles. The van der Waals surface area contributed by atoms with Gasteiger partial charge in [-0.05, 0) is 19.1 Å². The molecule has 1 rings (SSSR count). The average molecular weight is 221 g/mol.